The van der Waals surface area contributed by atoms with Crippen LogP contribution in [0.5, 0.6) is 0 Å². The van der Waals surface area contributed by atoms with E-state index in [1.165, 1.54) is 4.57 Å². The molecule has 1 atom stereocenters. The molecule has 68 valence electrons. The van der Waals surface area contributed by atoms with Crippen molar-refractivity contribution in [3.8, 4) is 0 Å². The number of aliphatic carboxylic acids is 1. The van der Waals surface area contributed by atoms with Crippen LogP contribution in [0.15, 0.2) is 18.3 Å². The highest BCUT2D eigenvalue weighted by Gasteiger charge is 2.28. The molecule has 1 aromatic heterocycles. The lowest BCUT2D eigenvalue weighted by Crippen LogP contribution is -2.27. The van der Waals surface area contributed by atoms with Gasteiger partial charge in [-0.1, -0.05) is 0 Å². The molecule has 0 bridgehead atoms. The minimum atomic E-state index is -0.870. The minimum Gasteiger partial charge on any atom is -0.480 e. The molecule has 1 aliphatic heterocycles. The van der Waals surface area contributed by atoms with Gasteiger partial charge in [0.1, 0.15) is 6.04 Å². The van der Waals surface area contributed by atoms with Crippen LogP contribution >= 0.6 is 0 Å². The Morgan fingerprint density at radius 2 is 2.38 bits per heavy atom. The van der Waals surface area contributed by atoms with Gasteiger partial charge in [0.25, 0.3) is 0 Å². The summed E-state index contributed by atoms with van der Waals surface area (Å²) in [6.45, 7) is 0. The van der Waals surface area contributed by atoms with Crippen LogP contribution in [-0.2, 0) is 4.79 Å². The van der Waals surface area contributed by atoms with E-state index in [2.05, 4.69) is 0 Å². The molecule has 0 saturated carbocycles. The molecule has 0 unspecified atom stereocenters. The van der Waals surface area contributed by atoms with E-state index in [0.717, 1.165) is 0 Å². The number of carbonyl (C=O) groups is 2. The Balaban J connectivity index is 2.46. The summed E-state index contributed by atoms with van der Waals surface area (Å²) >= 11 is 0. The molecular weight excluding hydrogens is 170 g/mol. The molecule has 0 saturated heterocycles. The summed E-state index contributed by atoms with van der Waals surface area (Å²) in [4.78, 5) is 22.1. The average molecular weight is 179 g/mol. The lowest BCUT2D eigenvalue weighted by atomic mass is 10.0. The number of carboxylic acid groups (broad SMARTS) is 1. The zero-order chi connectivity index (χ0) is 9.42. The number of hydrogen-bond donors (Lipinski definition) is 1. The Morgan fingerprint density at radius 3 is 3.08 bits per heavy atom. The van der Waals surface area contributed by atoms with E-state index in [9.17, 15) is 9.59 Å². The minimum absolute atomic E-state index is 0.0301. The summed E-state index contributed by atoms with van der Waals surface area (Å²) < 4.78 is 1.54. The number of ketones is 1. The van der Waals surface area contributed by atoms with Crippen molar-refractivity contribution in [2.24, 2.45) is 0 Å². The first-order chi connectivity index (χ1) is 6.20. The van der Waals surface area contributed by atoms with Crippen molar-refractivity contribution in [3.63, 3.8) is 0 Å². The van der Waals surface area contributed by atoms with Gasteiger partial charge in [-0.05, 0) is 18.6 Å². The maximum absolute atomic E-state index is 11.3. The van der Waals surface area contributed by atoms with Crippen molar-refractivity contribution in [1.29, 1.82) is 0 Å². The molecule has 4 nitrogen and oxygen atoms in total. The number of aromatic nitrogens is 1. The molecule has 0 radical (unpaired) electrons. The summed E-state index contributed by atoms with van der Waals surface area (Å²) in [6, 6.07) is 2.80. The molecule has 0 aliphatic carbocycles. The largest absolute Gasteiger partial charge is 0.480 e. The van der Waals surface area contributed by atoms with Gasteiger partial charge in [-0.2, -0.15) is 0 Å². The average Bonchev–Trinajstić information content (AvgIpc) is 2.53. The van der Waals surface area contributed by atoms with Crippen LogP contribution in [-0.4, -0.2) is 21.4 Å². The molecule has 0 fully saturated rings. The van der Waals surface area contributed by atoms with Crippen molar-refractivity contribution in [2.75, 3.05) is 0 Å². The third-order valence-electron chi connectivity index (χ3n) is 2.33. The molecule has 0 amide bonds. The second-order valence-corrected chi connectivity index (χ2v) is 3.12. The molecule has 2 rings (SSSR count). The van der Waals surface area contributed by atoms with Crippen LogP contribution in [0.2, 0.25) is 0 Å². The maximum atomic E-state index is 11.3. The number of fused-ring (bicyclic) bond motifs is 1. The normalized spacial score (nSPS) is 21.2. The molecule has 0 spiro atoms. The number of hydrogen-bond acceptors (Lipinski definition) is 2. The van der Waals surface area contributed by atoms with Crippen molar-refractivity contribution >= 4 is 11.8 Å². The highest BCUT2D eigenvalue weighted by molar-refractivity contribution is 5.96. The predicted molar refractivity (Wildman–Crippen MR) is 44.7 cm³/mol. The second-order valence-electron chi connectivity index (χ2n) is 3.12. The van der Waals surface area contributed by atoms with Gasteiger partial charge in [-0.3, -0.25) is 4.79 Å². The molecule has 1 aliphatic rings. The highest BCUT2D eigenvalue weighted by atomic mass is 16.4. The predicted octanol–water partition coefficient (Wildman–Crippen LogP) is 1.09. The van der Waals surface area contributed by atoms with Crippen molar-refractivity contribution in [3.05, 3.63) is 24.0 Å². The van der Waals surface area contributed by atoms with Gasteiger partial charge in [0.2, 0.25) is 0 Å². The van der Waals surface area contributed by atoms with Gasteiger partial charge in [0.15, 0.2) is 5.78 Å². The highest BCUT2D eigenvalue weighted by Crippen LogP contribution is 2.24. The van der Waals surface area contributed by atoms with E-state index in [1.54, 1.807) is 18.3 Å². The molecule has 13 heavy (non-hydrogen) atoms. The molecular formula is C9H9NO3. The zero-order valence-electron chi connectivity index (χ0n) is 6.93. The zero-order valence-corrected chi connectivity index (χ0v) is 6.93. The first-order valence-electron chi connectivity index (χ1n) is 4.13. The molecule has 4 heteroatoms. The van der Waals surface area contributed by atoms with E-state index in [0.29, 0.717) is 18.5 Å². The Hall–Kier alpha value is -1.58. The quantitative estimate of drug-likeness (QED) is 0.702. The van der Waals surface area contributed by atoms with E-state index < -0.39 is 12.0 Å². The van der Waals surface area contributed by atoms with Crippen molar-refractivity contribution in [1.82, 2.24) is 4.57 Å². The van der Waals surface area contributed by atoms with Crippen LogP contribution in [0, 0.1) is 0 Å². The lowest BCUT2D eigenvalue weighted by Gasteiger charge is -2.21. The summed E-state index contributed by atoms with van der Waals surface area (Å²) in [5, 5.41) is 8.86. The Morgan fingerprint density at radius 1 is 1.62 bits per heavy atom. The Kier molecular flexibility index (Phi) is 1.69. The van der Waals surface area contributed by atoms with E-state index >= 15 is 0 Å². The summed E-state index contributed by atoms with van der Waals surface area (Å²) in [5.74, 6) is -0.840. The standard InChI is InChI=1S/C9H9NO3/c11-8-4-3-7(9(12)13)10-5-1-2-6(8)10/h1-2,5,7H,3-4H2,(H,12,13)/t7-/m1/s1. The van der Waals surface area contributed by atoms with Gasteiger partial charge in [0, 0.05) is 12.6 Å². The van der Waals surface area contributed by atoms with E-state index in [4.69, 9.17) is 5.11 Å². The lowest BCUT2D eigenvalue weighted by molar-refractivity contribution is -0.141. The van der Waals surface area contributed by atoms with Gasteiger partial charge in [-0.15, -0.1) is 0 Å². The first kappa shape index (κ1) is 8.04. The van der Waals surface area contributed by atoms with Crippen molar-refractivity contribution < 1.29 is 14.7 Å². The molecule has 2 heterocycles. The van der Waals surface area contributed by atoms with Gasteiger partial charge in [-0.25, -0.2) is 4.79 Å². The maximum Gasteiger partial charge on any atom is 0.326 e. The van der Waals surface area contributed by atoms with Crippen molar-refractivity contribution in [2.45, 2.75) is 18.9 Å². The second kappa shape index (κ2) is 2.73. The van der Waals surface area contributed by atoms with Crippen LogP contribution in [0.3, 0.4) is 0 Å². The van der Waals surface area contributed by atoms with Crippen LogP contribution in [0.4, 0.5) is 0 Å². The smallest absolute Gasteiger partial charge is 0.326 e. The molecule has 1 aromatic rings. The number of carboxylic acids is 1. The number of rotatable bonds is 1. The summed E-state index contributed by atoms with van der Waals surface area (Å²) in [7, 11) is 0. The van der Waals surface area contributed by atoms with Gasteiger partial charge >= 0.3 is 5.97 Å². The van der Waals surface area contributed by atoms with Crippen LogP contribution in [0.1, 0.15) is 29.4 Å². The third-order valence-corrected chi connectivity index (χ3v) is 2.33. The number of nitrogens with zero attached hydrogens (tertiary/aromatic N) is 1. The first-order valence-corrected chi connectivity index (χ1v) is 4.13. The fourth-order valence-corrected chi connectivity index (χ4v) is 1.68. The Labute approximate surface area is 74.8 Å². The summed E-state index contributed by atoms with van der Waals surface area (Å²) in [5.41, 5.74) is 0.513. The van der Waals surface area contributed by atoms with Gasteiger partial charge < -0.3 is 9.67 Å². The molecule has 1 N–H and O–H groups in total. The van der Waals surface area contributed by atoms with E-state index in [1.807, 2.05) is 0 Å². The fraction of sp³-hybridized carbons (Fsp3) is 0.333. The fourth-order valence-electron chi connectivity index (χ4n) is 1.68. The number of carbonyl (C=O) groups excluding carboxylic acids is 1. The molecule has 0 aromatic carbocycles. The van der Waals surface area contributed by atoms with E-state index in [-0.39, 0.29) is 5.78 Å². The van der Waals surface area contributed by atoms with Crippen LogP contribution in [0.25, 0.3) is 0 Å². The number of Topliss-reactive ketones (excluding diaryl/α,β-unsaturated/α-hetero) is 1. The topological polar surface area (TPSA) is 59.3 Å². The summed E-state index contributed by atoms with van der Waals surface area (Å²) in [6.07, 6.45) is 2.38. The third kappa shape index (κ3) is 1.14. The SMILES string of the molecule is O=C1CC[C@H](C(=O)O)n2cccc21. The van der Waals surface area contributed by atoms with Crippen LogP contribution < -0.4 is 0 Å². The Bertz CT molecular complexity index is 367. The van der Waals surface area contributed by atoms with Gasteiger partial charge in [0.05, 0.1) is 5.69 Å². The monoisotopic (exact) mass is 179 g/mol.